The summed E-state index contributed by atoms with van der Waals surface area (Å²) in [5.41, 5.74) is 1.58. The van der Waals surface area contributed by atoms with Crippen molar-refractivity contribution in [3.8, 4) is 17.1 Å². The molecule has 0 fully saturated rings. The van der Waals surface area contributed by atoms with Crippen molar-refractivity contribution in [2.75, 3.05) is 18.2 Å². The van der Waals surface area contributed by atoms with E-state index in [1.807, 2.05) is 35.8 Å². The van der Waals surface area contributed by atoms with Crippen molar-refractivity contribution in [1.82, 2.24) is 14.8 Å². The highest BCUT2D eigenvalue weighted by Crippen LogP contribution is 2.26. The number of carbonyl (C=O) groups excluding carboxylic acids is 1. The summed E-state index contributed by atoms with van der Waals surface area (Å²) < 4.78 is 7.25. The van der Waals surface area contributed by atoms with Gasteiger partial charge in [0.15, 0.2) is 11.0 Å². The Balaban J connectivity index is 1.70. The fourth-order valence-electron chi connectivity index (χ4n) is 2.55. The van der Waals surface area contributed by atoms with Gasteiger partial charge in [0.2, 0.25) is 5.91 Å². The number of hydrogen-bond acceptors (Lipinski definition) is 5. The van der Waals surface area contributed by atoms with E-state index in [4.69, 9.17) is 16.3 Å². The number of benzene rings is 2. The van der Waals surface area contributed by atoms with Crippen molar-refractivity contribution in [2.24, 2.45) is 0 Å². The number of nitrogens with zero attached hydrogens (tertiary/aromatic N) is 3. The zero-order chi connectivity index (χ0) is 19.2. The van der Waals surface area contributed by atoms with Gasteiger partial charge >= 0.3 is 0 Å². The van der Waals surface area contributed by atoms with Gasteiger partial charge in [-0.05, 0) is 37.3 Å². The quantitative estimate of drug-likeness (QED) is 0.594. The molecule has 0 saturated heterocycles. The van der Waals surface area contributed by atoms with Crippen LogP contribution in [0, 0.1) is 0 Å². The van der Waals surface area contributed by atoms with E-state index in [0.29, 0.717) is 22.4 Å². The first-order valence-electron chi connectivity index (χ1n) is 8.36. The number of nitrogens with one attached hydrogen (secondary N) is 1. The maximum atomic E-state index is 12.2. The predicted octanol–water partition coefficient (Wildman–Crippen LogP) is 4.36. The maximum Gasteiger partial charge on any atom is 0.234 e. The van der Waals surface area contributed by atoms with Gasteiger partial charge < -0.3 is 14.6 Å². The number of methoxy groups -OCH3 is 1. The molecule has 8 heteroatoms. The number of aromatic nitrogens is 3. The summed E-state index contributed by atoms with van der Waals surface area (Å²) in [7, 11) is 1.63. The summed E-state index contributed by atoms with van der Waals surface area (Å²) in [5, 5.41) is 12.6. The van der Waals surface area contributed by atoms with Crippen LogP contribution in [0.5, 0.6) is 5.75 Å². The molecule has 1 amide bonds. The van der Waals surface area contributed by atoms with Crippen LogP contribution >= 0.6 is 23.4 Å². The van der Waals surface area contributed by atoms with Crippen molar-refractivity contribution < 1.29 is 9.53 Å². The molecule has 140 valence electrons. The summed E-state index contributed by atoms with van der Waals surface area (Å²) >= 11 is 7.28. The van der Waals surface area contributed by atoms with E-state index in [9.17, 15) is 4.79 Å². The highest BCUT2D eigenvalue weighted by Gasteiger charge is 2.15. The lowest BCUT2D eigenvalue weighted by molar-refractivity contribution is -0.113. The van der Waals surface area contributed by atoms with Crippen molar-refractivity contribution in [3.63, 3.8) is 0 Å². The first kappa shape index (κ1) is 19.3. The van der Waals surface area contributed by atoms with E-state index < -0.39 is 0 Å². The smallest absolute Gasteiger partial charge is 0.234 e. The standard InChI is InChI=1S/C19H19ClN4O2S/c1-3-24-18(13-6-4-9-16(10-13)26-2)22-23-19(24)27-12-17(25)21-15-8-5-7-14(20)11-15/h4-11H,3,12H2,1-2H3,(H,21,25). The van der Waals surface area contributed by atoms with Gasteiger partial charge in [0.25, 0.3) is 0 Å². The maximum absolute atomic E-state index is 12.2. The van der Waals surface area contributed by atoms with Crippen LogP contribution in [-0.4, -0.2) is 33.5 Å². The van der Waals surface area contributed by atoms with Gasteiger partial charge in [0, 0.05) is 22.8 Å². The van der Waals surface area contributed by atoms with Crippen LogP contribution < -0.4 is 10.1 Å². The van der Waals surface area contributed by atoms with Crippen molar-refractivity contribution in [2.45, 2.75) is 18.6 Å². The van der Waals surface area contributed by atoms with E-state index >= 15 is 0 Å². The van der Waals surface area contributed by atoms with Crippen molar-refractivity contribution in [3.05, 3.63) is 53.6 Å². The number of thioether (sulfide) groups is 1. The van der Waals surface area contributed by atoms with Gasteiger partial charge in [0.1, 0.15) is 5.75 Å². The van der Waals surface area contributed by atoms with Gasteiger partial charge in [-0.2, -0.15) is 0 Å². The first-order valence-corrected chi connectivity index (χ1v) is 9.73. The lowest BCUT2D eigenvalue weighted by Gasteiger charge is -2.09. The summed E-state index contributed by atoms with van der Waals surface area (Å²) in [6.07, 6.45) is 0. The molecule has 0 unspecified atom stereocenters. The highest BCUT2D eigenvalue weighted by molar-refractivity contribution is 7.99. The van der Waals surface area contributed by atoms with E-state index in [2.05, 4.69) is 15.5 Å². The highest BCUT2D eigenvalue weighted by atomic mass is 35.5. The van der Waals surface area contributed by atoms with Crippen LogP contribution in [-0.2, 0) is 11.3 Å². The molecule has 0 bridgehead atoms. The Kier molecular flexibility index (Phi) is 6.36. The van der Waals surface area contributed by atoms with Crippen LogP contribution in [0.2, 0.25) is 5.02 Å². The van der Waals surface area contributed by atoms with E-state index in [0.717, 1.165) is 17.1 Å². The molecule has 0 saturated carbocycles. The topological polar surface area (TPSA) is 69.0 Å². The van der Waals surface area contributed by atoms with Gasteiger partial charge in [-0.25, -0.2) is 0 Å². The van der Waals surface area contributed by atoms with Crippen LogP contribution in [0.1, 0.15) is 6.92 Å². The average molecular weight is 403 g/mol. The molecule has 0 radical (unpaired) electrons. The molecule has 1 aromatic heterocycles. The Morgan fingerprint density at radius 3 is 2.78 bits per heavy atom. The van der Waals surface area contributed by atoms with Crippen LogP contribution in [0.4, 0.5) is 5.69 Å². The minimum Gasteiger partial charge on any atom is -0.497 e. The lowest BCUT2D eigenvalue weighted by Crippen LogP contribution is -2.14. The zero-order valence-corrected chi connectivity index (χ0v) is 16.5. The first-order chi connectivity index (χ1) is 13.1. The van der Waals surface area contributed by atoms with E-state index in [-0.39, 0.29) is 11.7 Å². The third kappa shape index (κ3) is 4.81. The third-order valence-electron chi connectivity index (χ3n) is 3.80. The number of rotatable bonds is 7. The van der Waals surface area contributed by atoms with E-state index in [1.54, 1.807) is 31.4 Å². The Morgan fingerprint density at radius 2 is 2.04 bits per heavy atom. The summed E-state index contributed by atoms with van der Waals surface area (Å²) in [5.74, 6) is 1.60. The minimum absolute atomic E-state index is 0.129. The lowest BCUT2D eigenvalue weighted by atomic mass is 10.2. The average Bonchev–Trinajstić information content (AvgIpc) is 3.09. The fraction of sp³-hybridized carbons (Fsp3) is 0.211. The molecule has 0 atom stereocenters. The molecule has 0 spiro atoms. The minimum atomic E-state index is -0.129. The number of anilines is 1. The normalized spacial score (nSPS) is 10.6. The number of amides is 1. The molecule has 6 nitrogen and oxygen atoms in total. The number of halogens is 1. The molecular weight excluding hydrogens is 384 g/mol. The summed E-state index contributed by atoms with van der Waals surface area (Å²) in [6.45, 7) is 2.71. The van der Waals surface area contributed by atoms with Gasteiger partial charge in [-0.1, -0.05) is 41.6 Å². The Labute approximate surface area is 166 Å². The second kappa shape index (κ2) is 8.92. The largest absolute Gasteiger partial charge is 0.497 e. The van der Waals surface area contributed by atoms with Gasteiger partial charge in [-0.3, -0.25) is 4.79 Å². The summed E-state index contributed by atoms with van der Waals surface area (Å²) in [4.78, 5) is 12.2. The zero-order valence-electron chi connectivity index (χ0n) is 15.0. The molecule has 0 aliphatic carbocycles. The van der Waals surface area contributed by atoms with E-state index in [1.165, 1.54) is 11.8 Å². The van der Waals surface area contributed by atoms with Gasteiger partial charge in [-0.15, -0.1) is 10.2 Å². The second-order valence-corrected chi connectivity index (χ2v) is 7.01. The molecule has 27 heavy (non-hydrogen) atoms. The fourth-order valence-corrected chi connectivity index (χ4v) is 3.54. The molecule has 3 aromatic rings. The predicted molar refractivity (Wildman–Crippen MR) is 108 cm³/mol. The molecule has 0 aliphatic heterocycles. The second-order valence-electron chi connectivity index (χ2n) is 5.63. The molecule has 0 aliphatic rings. The molecule has 1 N–H and O–H groups in total. The Hall–Kier alpha value is -2.51. The van der Waals surface area contributed by atoms with Crippen LogP contribution in [0.3, 0.4) is 0 Å². The molecule has 3 rings (SSSR count). The van der Waals surface area contributed by atoms with Crippen LogP contribution in [0.25, 0.3) is 11.4 Å². The molecular formula is C19H19ClN4O2S. The number of ether oxygens (including phenoxy) is 1. The SMILES string of the molecule is CCn1c(SCC(=O)Nc2cccc(Cl)c2)nnc1-c1cccc(OC)c1. The number of carbonyl (C=O) groups is 1. The molecule has 1 heterocycles. The van der Waals surface area contributed by atoms with Crippen molar-refractivity contribution in [1.29, 1.82) is 0 Å². The third-order valence-corrected chi connectivity index (χ3v) is 5.00. The van der Waals surface area contributed by atoms with Gasteiger partial charge in [0.05, 0.1) is 12.9 Å². The molecule has 2 aromatic carbocycles. The van der Waals surface area contributed by atoms with Crippen LogP contribution in [0.15, 0.2) is 53.7 Å². The summed E-state index contributed by atoms with van der Waals surface area (Å²) in [6, 6.07) is 14.7. The number of hydrogen-bond donors (Lipinski definition) is 1. The monoisotopic (exact) mass is 402 g/mol. The Bertz CT molecular complexity index is 945. The Morgan fingerprint density at radius 1 is 1.22 bits per heavy atom. The van der Waals surface area contributed by atoms with Crippen molar-refractivity contribution >= 4 is 35.0 Å².